The summed E-state index contributed by atoms with van der Waals surface area (Å²) < 4.78 is 36.5. The summed E-state index contributed by atoms with van der Waals surface area (Å²) in [7, 11) is 1.60. The standard InChI is InChI=1S/C34H26BrN3O7/c1-3-41-30-14-21(24(35)16-31(30)42-18-20-11-12-28-29(13-20)44-19-43-28)17-36-38-33(37-25-8-5-4-7-22(25)34(38)39)32-15-23-26(40-2)9-6-10-27(23)45-32/h4-17H,3,18-19H2,1-2H3. The lowest BCUT2D eigenvalue weighted by Crippen LogP contribution is -2.20. The number of furan rings is 1. The van der Waals surface area contributed by atoms with Crippen LogP contribution < -0.4 is 29.2 Å². The zero-order valence-electron chi connectivity index (χ0n) is 24.3. The number of ether oxygens (including phenoxy) is 5. The molecule has 226 valence electrons. The molecule has 0 saturated carbocycles. The van der Waals surface area contributed by atoms with Crippen LogP contribution in [0.5, 0.6) is 28.7 Å². The van der Waals surface area contributed by atoms with Crippen molar-refractivity contribution < 1.29 is 28.1 Å². The molecule has 0 aliphatic carbocycles. The van der Waals surface area contributed by atoms with Gasteiger partial charge in [0.25, 0.3) is 5.56 Å². The molecule has 0 spiro atoms. The number of methoxy groups -OCH3 is 1. The van der Waals surface area contributed by atoms with E-state index < -0.39 is 0 Å². The van der Waals surface area contributed by atoms with Crippen molar-refractivity contribution in [2.24, 2.45) is 5.10 Å². The van der Waals surface area contributed by atoms with Gasteiger partial charge in [0, 0.05) is 10.0 Å². The highest BCUT2D eigenvalue weighted by Gasteiger charge is 2.19. The van der Waals surface area contributed by atoms with Gasteiger partial charge in [-0.3, -0.25) is 4.79 Å². The summed E-state index contributed by atoms with van der Waals surface area (Å²) in [5, 5.41) is 5.79. The van der Waals surface area contributed by atoms with E-state index in [4.69, 9.17) is 33.1 Å². The molecule has 3 heterocycles. The Morgan fingerprint density at radius 2 is 1.78 bits per heavy atom. The average molecular weight is 668 g/mol. The molecule has 2 aromatic heterocycles. The molecule has 0 fully saturated rings. The van der Waals surface area contributed by atoms with Crippen LogP contribution in [0.3, 0.4) is 0 Å². The number of para-hydroxylation sites is 1. The van der Waals surface area contributed by atoms with Gasteiger partial charge in [-0.1, -0.05) is 24.3 Å². The molecule has 11 heteroatoms. The molecule has 0 N–H and O–H groups in total. The van der Waals surface area contributed by atoms with Gasteiger partial charge in [0.05, 0.1) is 36.2 Å². The molecule has 0 atom stereocenters. The topological polar surface area (TPSA) is 107 Å². The Morgan fingerprint density at radius 3 is 2.64 bits per heavy atom. The Kier molecular flexibility index (Phi) is 7.60. The van der Waals surface area contributed by atoms with E-state index in [0.717, 1.165) is 10.9 Å². The van der Waals surface area contributed by atoms with Crippen LogP contribution in [-0.2, 0) is 6.61 Å². The van der Waals surface area contributed by atoms with Crippen LogP contribution in [0.4, 0.5) is 0 Å². The number of fused-ring (bicyclic) bond motifs is 3. The number of hydrogen-bond acceptors (Lipinski definition) is 9. The summed E-state index contributed by atoms with van der Waals surface area (Å²) >= 11 is 3.63. The van der Waals surface area contributed by atoms with Gasteiger partial charge < -0.3 is 28.1 Å². The molecule has 0 saturated heterocycles. The Morgan fingerprint density at radius 1 is 0.933 bits per heavy atom. The second-order valence-electron chi connectivity index (χ2n) is 10.0. The van der Waals surface area contributed by atoms with Crippen molar-refractivity contribution in [1.29, 1.82) is 0 Å². The molecule has 45 heavy (non-hydrogen) atoms. The lowest BCUT2D eigenvalue weighted by atomic mass is 10.2. The van der Waals surface area contributed by atoms with Crippen LogP contribution in [0.1, 0.15) is 18.1 Å². The summed E-state index contributed by atoms with van der Waals surface area (Å²) in [4.78, 5) is 18.5. The van der Waals surface area contributed by atoms with Crippen molar-refractivity contribution in [3.05, 3.63) is 105 Å². The first-order chi connectivity index (χ1) is 22.0. The van der Waals surface area contributed by atoms with Gasteiger partial charge >= 0.3 is 0 Å². The summed E-state index contributed by atoms with van der Waals surface area (Å²) in [6.07, 6.45) is 1.57. The van der Waals surface area contributed by atoms with Gasteiger partial charge in [0.15, 0.2) is 28.8 Å². The minimum absolute atomic E-state index is 0.208. The van der Waals surface area contributed by atoms with Gasteiger partial charge in [0.1, 0.15) is 17.9 Å². The van der Waals surface area contributed by atoms with Gasteiger partial charge in [-0.25, -0.2) is 4.98 Å². The third-order valence-electron chi connectivity index (χ3n) is 7.22. The van der Waals surface area contributed by atoms with Crippen LogP contribution in [-0.4, -0.2) is 36.4 Å². The zero-order chi connectivity index (χ0) is 30.9. The molecule has 7 rings (SSSR count). The summed E-state index contributed by atoms with van der Waals surface area (Å²) in [5.41, 5.74) is 2.36. The van der Waals surface area contributed by atoms with E-state index in [1.807, 2.05) is 55.5 Å². The minimum atomic E-state index is -0.343. The van der Waals surface area contributed by atoms with Crippen molar-refractivity contribution in [3.63, 3.8) is 0 Å². The van der Waals surface area contributed by atoms with Gasteiger partial charge in [-0.15, -0.1) is 0 Å². The van der Waals surface area contributed by atoms with Gasteiger partial charge in [-0.05, 0) is 83.0 Å². The highest BCUT2D eigenvalue weighted by atomic mass is 79.9. The SMILES string of the molecule is CCOc1cc(C=Nn2c(-c3cc4c(OC)cccc4o3)nc3ccccc3c2=O)c(Br)cc1OCc1ccc2c(c1)OCO2. The molecule has 10 nitrogen and oxygen atoms in total. The van der Waals surface area contributed by atoms with E-state index in [2.05, 4.69) is 21.0 Å². The van der Waals surface area contributed by atoms with Crippen molar-refractivity contribution in [2.45, 2.75) is 13.5 Å². The molecule has 1 aliphatic rings. The van der Waals surface area contributed by atoms with Crippen LogP contribution in [0, 0.1) is 0 Å². The fourth-order valence-electron chi connectivity index (χ4n) is 5.06. The van der Waals surface area contributed by atoms with Crippen LogP contribution in [0.2, 0.25) is 0 Å². The van der Waals surface area contributed by atoms with E-state index in [1.54, 1.807) is 43.7 Å². The molecular weight excluding hydrogens is 642 g/mol. The number of nitrogens with zero attached hydrogens (tertiary/aromatic N) is 3. The van der Waals surface area contributed by atoms with Gasteiger partial charge in [-0.2, -0.15) is 9.78 Å². The fraction of sp³-hybridized carbons (Fsp3) is 0.147. The lowest BCUT2D eigenvalue weighted by Gasteiger charge is -2.14. The Labute approximate surface area is 265 Å². The maximum atomic E-state index is 13.8. The maximum Gasteiger partial charge on any atom is 0.282 e. The monoisotopic (exact) mass is 667 g/mol. The van der Waals surface area contributed by atoms with E-state index in [0.29, 0.717) is 74.2 Å². The third kappa shape index (κ3) is 5.46. The lowest BCUT2D eigenvalue weighted by molar-refractivity contribution is 0.174. The van der Waals surface area contributed by atoms with Gasteiger partial charge in [0.2, 0.25) is 12.6 Å². The second-order valence-corrected chi connectivity index (χ2v) is 10.9. The van der Waals surface area contributed by atoms with Crippen LogP contribution in [0.25, 0.3) is 33.5 Å². The number of aromatic nitrogens is 2. The molecule has 6 aromatic rings. The van der Waals surface area contributed by atoms with Crippen molar-refractivity contribution >= 4 is 44.0 Å². The summed E-state index contributed by atoms with van der Waals surface area (Å²) in [6.45, 7) is 2.82. The maximum absolute atomic E-state index is 13.8. The molecule has 0 amide bonds. The second kappa shape index (κ2) is 12.0. The third-order valence-corrected chi connectivity index (χ3v) is 7.91. The first-order valence-electron chi connectivity index (χ1n) is 14.1. The molecular formula is C34H26BrN3O7. The Hall–Kier alpha value is -5.29. The zero-order valence-corrected chi connectivity index (χ0v) is 25.9. The Balaban J connectivity index is 1.26. The number of rotatable bonds is 9. The molecule has 0 bridgehead atoms. The highest BCUT2D eigenvalue weighted by molar-refractivity contribution is 9.10. The quantitative estimate of drug-likeness (QED) is 0.149. The van der Waals surface area contributed by atoms with Crippen molar-refractivity contribution in [2.75, 3.05) is 20.5 Å². The largest absolute Gasteiger partial charge is 0.496 e. The van der Waals surface area contributed by atoms with E-state index >= 15 is 0 Å². The summed E-state index contributed by atoms with van der Waals surface area (Å²) in [5.74, 6) is 3.73. The molecule has 0 radical (unpaired) electrons. The highest BCUT2D eigenvalue weighted by Crippen LogP contribution is 2.36. The molecule has 4 aromatic carbocycles. The average Bonchev–Trinajstić information content (AvgIpc) is 3.72. The number of benzene rings is 4. The van der Waals surface area contributed by atoms with Crippen molar-refractivity contribution in [1.82, 2.24) is 9.66 Å². The normalized spacial score (nSPS) is 12.3. The smallest absolute Gasteiger partial charge is 0.282 e. The van der Waals surface area contributed by atoms with Crippen LogP contribution in [0.15, 0.2) is 97.6 Å². The van der Waals surface area contributed by atoms with E-state index in [9.17, 15) is 4.79 Å². The fourth-order valence-corrected chi connectivity index (χ4v) is 5.48. The molecule has 1 aliphatic heterocycles. The Bertz CT molecular complexity index is 2150. The van der Waals surface area contributed by atoms with Crippen molar-refractivity contribution in [3.8, 4) is 40.3 Å². The van der Waals surface area contributed by atoms with E-state index in [1.165, 1.54) is 4.68 Å². The first-order valence-corrected chi connectivity index (χ1v) is 14.9. The minimum Gasteiger partial charge on any atom is -0.496 e. The van der Waals surface area contributed by atoms with Crippen LogP contribution >= 0.6 is 15.9 Å². The molecule has 0 unspecified atom stereocenters. The van der Waals surface area contributed by atoms with E-state index in [-0.39, 0.29) is 18.2 Å². The number of hydrogen-bond donors (Lipinski definition) is 0. The predicted octanol–water partition coefficient (Wildman–Crippen LogP) is 7.17. The summed E-state index contributed by atoms with van der Waals surface area (Å²) in [6, 6.07) is 23.7. The first kappa shape index (κ1) is 28.5. The number of halogens is 1. The predicted molar refractivity (Wildman–Crippen MR) is 173 cm³/mol.